The van der Waals surface area contributed by atoms with Crippen molar-refractivity contribution in [3.05, 3.63) is 81.6 Å². The lowest BCUT2D eigenvalue weighted by Crippen LogP contribution is -2.35. The van der Waals surface area contributed by atoms with Crippen LogP contribution < -0.4 is 5.32 Å². The summed E-state index contributed by atoms with van der Waals surface area (Å²) in [6, 6.07) is 14.0. The van der Waals surface area contributed by atoms with Crippen molar-refractivity contribution in [1.82, 2.24) is 4.98 Å². The number of anilines is 1. The van der Waals surface area contributed by atoms with Gasteiger partial charge in [0.1, 0.15) is 17.4 Å². The fourth-order valence-corrected chi connectivity index (χ4v) is 4.94. The Morgan fingerprint density at radius 2 is 1.84 bits per heavy atom. The van der Waals surface area contributed by atoms with E-state index in [9.17, 15) is 14.0 Å². The van der Waals surface area contributed by atoms with Gasteiger partial charge in [0, 0.05) is 16.6 Å². The Hall–Kier alpha value is -3.06. The molecule has 5 nitrogen and oxygen atoms in total. The van der Waals surface area contributed by atoms with Gasteiger partial charge in [-0.2, -0.15) is 0 Å². The van der Waals surface area contributed by atoms with E-state index in [-0.39, 0.29) is 24.8 Å². The molecule has 32 heavy (non-hydrogen) atoms. The Balaban J connectivity index is 1.36. The first-order chi connectivity index (χ1) is 15.5. The van der Waals surface area contributed by atoms with Crippen molar-refractivity contribution in [2.24, 2.45) is 0 Å². The molecule has 1 N–H and O–H groups in total. The maximum atomic E-state index is 14.5. The number of benzene rings is 2. The van der Waals surface area contributed by atoms with E-state index in [4.69, 9.17) is 4.74 Å². The molecule has 1 saturated carbocycles. The van der Waals surface area contributed by atoms with Gasteiger partial charge in [-0.05, 0) is 38.0 Å². The molecule has 0 aliphatic heterocycles. The summed E-state index contributed by atoms with van der Waals surface area (Å²) < 4.78 is 20.0. The van der Waals surface area contributed by atoms with E-state index in [0.29, 0.717) is 29.1 Å². The third-order valence-electron chi connectivity index (χ3n) is 5.83. The second kappa shape index (κ2) is 9.61. The molecule has 0 saturated heterocycles. The maximum Gasteiger partial charge on any atom is 0.317 e. The molecule has 1 aliphatic rings. The smallest absolute Gasteiger partial charge is 0.317 e. The van der Waals surface area contributed by atoms with Crippen LogP contribution in [-0.2, 0) is 32.8 Å². The molecular formula is C25H25FN2O3S. The number of thiazole rings is 1. The zero-order chi connectivity index (χ0) is 22.6. The van der Waals surface area contributed by atoms with Crippen molar-refractivity contribution in [2.45, 2.75) is 51.0 Å². The number of nitrogens with zero attached hydrogens (tertiary/aromatic N) is 1. The van der Waals surface area contributed by atoms with Crippen LogP contribution in [0.4, 0.5) is 10.1 Å². The number of hydrogen-bond acceptors (Lipinski definition) is 5. The van der Waals surface area contributed by atoms with Crippen LogP contribution in [0.15, 0.2) is 53.9 Å². The second-order valence-electron chi connectivity index (χ2n) is 8.17. The Morgan fingerprint density at radius 1 is 1.12 bits per heavy atom. The zero-order valence-electron chi connectivity index (χ0n) is 17.9. The number of carbonyl (C=O) groups excluding carboxylic acids is 2. The van der Waals surface area contributed by atoms with Gasteiger partial charge in [-0.15, -0.1) is 11.3 Å². The van der Waals surface area contributed by atoms with Crippen LogP contribution in [0.1, 0.15) is 47.5 Å². The quantitative estimate of drug-likeness (QED) is 0.492. The first-order valence-electron chi connectivity index (χ1n) is 10.7. The van der Waals surface area contributed by atoms with Gasteiger partial charge < -0.3 is 10.1 Å². The molecule has 0 radical (unpaired) electrons. The standard InChI is InChI=1S/C25H25FN2O3S/c1-17-8-10-18(11-9-17)27-22(29)14-23-28-19(16-32-23)15-31-24(30)25(12-4-5-13-25)20-6-2-3-7-21(20)26/h2-3,6-11,16H,4-5,12-15H2,1H3,(H,27,29). The lowest BCUT2D eigenvalue weighted by molar-refractivity contribution is -0.152. The molecule has 166 valence electrons. The largest absolute Gasteiger partial charge is 0.458 e. The van der Waals surface area contributed by atoms with E-state index in [1.165, 1.54) is 17.4 Å². The molecule has 1 fully saturated rings. The summed E-state index contributed by atoms with van der Waals surface area (Å²) in [4.78, 5) is 29.7. The molecule has 1 aliphatic carbocycles. The summed E-state index contributed by atoms with van der Waals surface area (Å²) in [6.45, 7) is 1.99. The fraction of sp³-hybridized carbons (Fsp3) is 0.320. The average molecular weight is 453 g/mol. The van der Waals surface area contributed by atoms with Gasteiger partial charge in [-0.1, -0.05) is 48.7 Å². The normalized spacial score (nSPS) is 14.8. The summed E-state index contributed by atoms with van der Waals surface area (Å²) >= 11 is 1.35. The molecular weight excluding hydrogens is 427 g/mol. The van der Waals surface area contributed by atoms with E-state index < -0.39 is 11.4 Å². The average Bonchev–Trinajstić information content (AvgIpc) is 3.44. The highest BCUT2D eigenvalue weighted by Gasteiger charge is 2.45. The van der Waals surface area contributed by atoms with E-state index in [1.807, 2.05) is 31.2 Å². The lowest BCUT2D eigenvalue weighted by atomic mass is 9.78. The van der Waals surface area contributed by atoms with Crippen LogP contribution in [0.2, 0.25) is 0 Å². The molecule has 0 atom stereocenters. The second-order valence-corrected chi connectivity index (χ2v) is 9.11. The monoisotopic (exact) mass is 452 g/mol. The van der Waals surface area contributed by atoms with Crippen molar-refractivity contribution in [3.63, 3.8) is 0 Å². The predicted octanol–water partition coefficient (Wildman–Crippen LogP) is 5.33. The molecule has 0 unspecified atom stereocenters. The predicted molar refractivity (Wildman–Crippen MR) is 122 cm³/mol. The van der Waals surface area contributed by atoms with Gasteiger partial charge in [-0.3, -0.25) is 9.59 Å². The Kier molecular flexibility index (Phi) is 6.65. The molecule has 4 rings (SSSR count). The minimum absolute atomic E-state index is 0.00508. The minimum Gasteiger partial charge on any atom is -0.458 e. The third-order valence-corrected chi connectivity index (χ3v) is 6.73. The first-order valence-corrected chi connectivity index (χ1v) is 11.6. The number of esters is 1. The summed E-state index contributed by atoms with van der Waals surface area (Å²) in [7, 11) is 0. The number of amides is 1. The van der Waals surface area contributed by atoms with Gasteiger partial charge in [-0.25, -0.2) is 9.37 Å². The van der Waals surface area contributed by atoms with Gasteiger partial charge in [0.15, 0.2) is 0 Å². The topological polar surface area (TPSA) is 68.3 Å². The van der Waals surface area contributed by atoms with Crippen molar-refractivity contribution in [2.75, 3.05) is 5.32 Å². The van der Waals surface area contributed by atoms with Gasteiger partial charge in [0.25, 0.3) is 0 Å². The Bertz CT molecular complexity index is 1100. The molecule has 1 aromatic heterocycles. The summed E-state index contributed by atoms with van der Waals surface area (Å²) in [5.74, 6) is -0.940. The van der Waals surface area contributed by atoms with Crippen LogP contribution in [-0.4, -0.2) is 16.9 Å². The highest BCUT2D eigenvalue weighted by Crippen LogP contribution is 2.43. The number of hydrogen-bond donors (Lipinski definition) is 1. The van der Waals surface area contributed by atoms with Gasteiger partial charge in [0.05, 0.1) is 17.5 Å². The van der Waals surface area contributed by atoms with Gasteiger partial charge in [0.2, 0.25) is 5.91 Å². The van der Waals surface area contributed by atoms with Crippen LogP contribution in [0, 0.1) is 12.7 Å². The van der Waals surface area contributed by atoms with Crippen molar-refractivity contribution in [1.29, 1.82) is 0 Å². The Labute approximate surface area is 190 Å². The molecule has 0 bridgehead atoms. The number of ether oxygens (including phenoxy) is 1. The highest BCUT2D eigenvalue weighted by atomic mass is 32.1. The number of carbonyl (C=O) groups is 2. The Morgan fingerprint density at radius 3 is 2.56 bits per heavy atom. The number of aryl methyl sites for hydroxylation is 1. The first kappa shape index (κ1) is 22.1. The van der Waals surface area contributed by atoms with Crippen molar-refractivity contribution < 1.29 is 18.7 Å². The van der Waals surface area contributed by atoms with Crippen molar-refractivity contribution in [3.8, 4) is 0 Å². The number of aromatic nitrogens is 1. The van der Waals surface area contributed by atoms with E-state index in [0.717, 1.165) is 24.1 Å². The molecule has 2 aromatic carbocycles. The molecule has 1 amide bonds. The summed E-state index contributed by atoms with van der Waals surface area (Å²) in [6.07, 6.45) is 3.02. The van der Waals surface area contributed by atoms with Crippen LogP contribution >= 0.6 is 11.3 Å². The van der Waals surface area contributed by atoms with Crippen LogP contribution in [0.25, 0.3) is 0 Å². The van der Waals surface area contributed by atoms with Crippen molar-refractivity contribution >= 4 is 28.9 Å². The van der Waals surface area contributed by atoms with Crippen LogP contribution in [0.3, 0.4) is 0 Å². The van der Waals surface area contributed by atoms with E-state index >= 15 is 0 Å². The lowest BCUT2D eigenvalue weighted by Gasteiger charge is -2.27. The molecule has 7 heteroatoms. The van der Waals surface area contributed by atoms with Crippen LogP contribution in [0.5, 0.6) is 0 Å². The van der Waals surface area contributed by atoms with E-state index in [1.54, 1.807) is 23.6 Å². The van der Waals surface area contributed by atoms with Gasteiger partial charge >= 0.3 is 5.97 Å². The summed E-state index contributed by atoms with van der Waals surface area (Å²) in [5.41, 5.74) is 1.92. The molecule has 0 spiro atoms. The minimum atomic E-state index is -0.932. The number of rotatable bonds is 7. The molecule has 3 aromatic rings. The van der Waals surface area contributed by atoms with E-state index in [2.05, 4.69) is 10.3 Å². The fourth-order valence-electron chi connectivity index (χ4n) is 4.16. The number of halogens is 1. The highest BCUT2D eigenvalue weighted by molar-refractivity contribution is 7.09. The summed E-state index contributed by atoms with van der Waals surface area (Å²) in [5, 5.41) is 5.28. The zero-order valence-corrected chi connectivity index (χ0v) is 18.7. The molecule has 1 heterocycles. The number of nitrogens with one attached hydrogen (secondary N) is 1. The third kappa shape index (κ3) is 4.88. The SMILES string of the molecule is Cc1ccc(NC(=O)Cc2nc(COC(=O)C3(c4ccccc4F)CCCC3)cs2)cc1. The maximum absolute atomic E-state index is 14.5.